The third kappa shape index (κ3) is 5.94. The molecular weight excluding hydrogens is 224 g/mol. The smallest absolute Gasteiger partial charge is 0.320 e. The van der Waals surface area contributed by atoms with E-state index in [1.54, 1.807) is 0 Å². The molecule has 0 aromatic heterocycles. The second-order valence-electron chi connectivity index (χ2n) is 3.62. The largest absolute Gasteiger partial charge is 0.458 e. The van der Waals surface area contributed by atoms with Crippen LogP contribution in [-0.2, 0) is 9.53 Å². The summed E-state index contributed by atoms with van der Waals surface area (Å²) in [5.74, 6) is -1.54. The molecule has 1 rings (SSSR count). The minimum atomic E-state index is -2.94. The minimum Gasteiger partial charge on any atom is -0.458 e. The van der Waals surface area contributed by atoms with E-state index in [-0.39, 0.29) is 6.54 Å². The van der Waals surface area contributed by atoms with Gasteiger partial charge in [-0.25, -0.2) is 8.78 Å². The zero-order valence-corrected chi connectivity index (χ0v) is 9.49. The lowest BCUT2D eigenvalue weighted by atomic mass is 10.4. The molecule has 15 heavy (non-hydrogen) atoms. The summed E-state index contributed by atoms with van der Waals surface area (Å²) in [6.07, 6.45) is 0. The Labute approximate surface area is 92.1 Å². The molecule has 0 N–H and O–H groups in total. The lowest BCUT2D eigenvalue weighted by Crippen LogP contribution is -2.38. The first-order valence-electron chi connectivity index (χ1n) is 4.81. The highest BCUT2D eigenvalue weighted by Crippen LogP contribution is 2.12. The van der Waals surface area contributed by atoms with Crippen LogP contribution in [-0.4, -0.2) is 54.5 Å². The lowest BCUT2D eigenvalue weighted by molar-refractivity contribution is -0.154. The maximum Gasteiger partial charge on any atom is 0.320 e. The topological polar surface area (TPSA) is 29.5 Å². The number of ether oxygens (including phenoxy) is 1. The first-order chi connectivity index (χ1) is 6.97. The number of hydrogen-bond acceptors (Lipinski definition) is 4. The molecule has 1 saturated heterocycles. The highest BCUT2D eigenvalue weighted by molar-refractivity contribution is 7.99. The summed E-state index contributed by atoms with van der Waals surface area (Å²) in [4.78, 5) is 13.1. The number of alkyl halides is 2. The fourth-order valence-corrected chi connectivity index (χ4v) is 2.17. The van der Waals surface area contributed by atoms with Crippen molar-refractivity contribution in [2.75, 3.05) is 37.7 Å². The summed E-state index contributed by atoms with van der Waals surface area (Å²) >= 11 is 1.83. The Morgan fingerprint density at radius 2 is 2.07 bits per heavy atom. The number of rotatable bonds is 4. The van der Waals surface area contributed by atoms with Gasteiger partial charge in [0.2, 0.25) is 0 Å². The van der Waals surface area contributed by atoms with Gasteiger partial charge in [0.1, 0.15) is 0 Å². The van der Waals surface area contributed by atoms with Gasteiger partial charge in [-0.1, -0.05) is 0 Å². The van der Waals surface area contributed by atoms with Crippen LogP contribution in [0.2, 0.25) is 0 Å². The van der Waals surface area contributed by atoms with Gasteiger partial charge < -0.3 is 4.74 Å². The van der Waals surface area contributed by atoms with E-state index in [4.69, 9.17) is 0 Å². The molecule has 0 saturated carbocycles. The van der Waals surface area contributed by atoms with Gasteiger partial charge in [-0.3, -0.25) is 9.69 Å². The van der Waals surface area contributed by atoms with Gasteiger partial charge >= 0.3 is 5.97 Å². The van der Waals surface area contributed by atoms with Crippen LogP contribution in [0.5, 0.6) is 0 Å². The van der Waals surface area contributed by atoms with Crippen LogP contribution < -0.4 is 0 Å². The molecule has 0 amide bonds. The minimum absolute atomic E-state index is 0.122. The summed E-state index contributed by atoms with van der Waals surface area (Å²) in [7, 11) is 0. The van der Waals surface area contributed by atoms with E-state index in [9.17, 15) is 13.6 Å². The van der Waals surface area contributed by atoms with Crippen molar-refractivity contribution in [1.29, 1.82) is 0 Å². The van der Waals surface area contributed by atoms with Crippen molar-refractivity contribution in [3.63, 3.8) is 0 Å². The molecule has 0 aliphatic carbocycles. The standard InChI is InChI=1S/C9H15F2NO2S/c1-9(10,11)7-14-8(13)6-12-2-4-15-5-3-12/h2-7H2,1H3. The van der Waals surface area contributed by atoms with Crippen molar-refractivity contribution in [1.82, 2.24) is 4.90 Å². The summed E-state index contributed by atoms with van der Waals surface area (Å²) in [5.41, 5.74) is 0. The zero-order valence-electron chi connectivity index (χ0n) is 8.67. The van der Waals surface area contributed by atoms with Crippen molar-refractivity contribution >= 4 is 17.7 Å². The lowest BCUT2D eigenvalue weighted by Gasteiger charge is -2.25. The van der Waals surface area contributed by atoms with Gasteiger partial charge in [-0.2, -0.15) is 11.8 Å². The SMILES string of the molecule is CC(F)(F)COC(=O)CN1CCSCC1. The van der Waals surface area contributed by atoms with Crippen LogP contribution in [0.15, 0.2) is 0 Å². The molecule has 0 unspecified atom stereocenters. The number of hydrogen-bond donors (Lipinski definition) is 0. The predicted octanol–water partition coefficient (Wildman–Crippen LogP) is 1.23. The van der Waals surface area contributed by atoms with Crippen molar-refractivity contribution in [3.8, 4) is 0 Å². The Hall–Kier alpha value is -0.360. The van der Waals surface area contributed by atoms with E-state index in [0.717, 1.165) is 31.5 Å². The normalized spacial score (nSPS) is 18.9. The van der Waals surface area contributed by atoms with Gasteiger partial charge in [0.15, 0.2) is 6.61 Å². The number of carbonyl (C=O) groups excluding carboxylic acids is 1. The average Bonchev–Trinajstić information content (AvgIpc) is 2.15. The van der Waals surface area contributed by atoms with Crippen LogP contribution in [0.25, 0.3) is 0 Å². The van der Waals surface area contributed by atoms with Crippen molar-refractivity contribution < 1.29 is 18.3 Å². The van der Waals surface area contributed by atoms with Crippen molar-refractivity contribution in [3.05, 3.63) is 0 Å². The highest BCUT2D eigenvalue weighted by atomic mass is 32.2. The molecule has 1 aliphatic rings. The molecule has 88 valence electrons. The molecule has 0 bridgehead atoms. The van der Waals surface area contributed by atoms with E-state index in [1.165, 1.54) is 0 Å². The number of halogens is 2. The quantitative estimate of drug-likeness (QED) is 0.690. The fourth-order valence-electron chi connectivity index (χ4n) is 1.19. The Balaban J connectivity index is 2.17. The van der Waals surface area contributed by atoms with Crippen LogP contribution in [0, 0.1) is 0 Å². The van der Waals surface area contributed by atoms with Gasteiger partial charge in [-0.05, 0) is 0 Å². The monoisotopic (exact) mass is 239 g/mol. The summed E-state index contributed by atoms with van der Waals surface area (Å²) in [5, 5.41) is 0. The zero-order chi connectivity index (χ0) is 11.3. The molecular formula is C9H15F2NO2S. The first kappa shape index (κ1) is 12.7. The third-order valence-electron chi connectivity index (χ3n) is 1.94. The van der Waals surface area contributed by atoms with E-state index < -0.39 is 18.5 Å². The maximum atomic E-state index is 12.4. The predicted molar refractivity (Wildman–Crippen MR) is 55.3 cm³/mol. The average molecular weight is 239 g/mol. The summed E-state index contributed by atoms with van der Waals surface area (Å²) < 4.78 is 29.2. The summed E-state index contributed by atoms with van der Waals surface area (Å²) in [6, 6.07) is 0. The van der Waals surface area contributed by atoms with Gasteiger partial charge in [-0.15, -0.1) is 0 Å². The summed E-state index contributed by atoms with van der Waals surface area (Å²) in [6.45, 7) is 1.67. The van der Waals surface area contributed by atoms with Crippen LogP contribution >= 0.6 is 11.8 Å². The van der Waals surface area contributed by atoms with Gasteiger partial charge in [0, 0.05) is 31.5 Å². The Kier molecular flexibility index (Phi) is 4.79. The number of carbonyl (C=O) groups is 1. The second-order valence-corrected chi connectivity index (χ2v) is 4.84. The van der Waals surface area contributed by atoms with Crippen molar-refractivity contribution in [2.45, 2.75) is 12.8 Å². The van der Waals surface area contributed by atoms with Gasteiger partial charge in [0.05, 0.1) is 6.54 Å². The first-order valence-corrected chi connectivity index (χ1v) is 5.96. The molecule has 1 fully saturated rings. The van der Waals surface area contributed by atoms with E-state index in [1.807, 2.05) is 16.7 Å². The molecule has 0 aromatic carbocycles. The Morgan fingerprint density at radius 1 is 1.47 bits per heavy atom. The van der Waals surface area contributed by atoms with E-state index in [2.05, 4.69) is 4.74 Å². The fraction of sp³-hybridized carbons (Fsp3) is 0.889. The molecule has 3 nitrogen and oxygen atoms in total. The van der Waals surface area contributed by atoms with E-state index >= 15 is 0 Å². The van der Waals surface area contributed by atoms with Crippen LogP contribution in [0.1, 0.15) is 6.92 Å². The molecule has 6 heteroatoms. The molecule has 1 heterocycles. The van der Waals surface area contributed by atoms with Crippen LogP contribution in [0.4, 0.5) is 8.78 Å². The molecule has 0 radical (unpaired) electrons. The van der Waals surface area contributed by atoms with Crippen LogP contribution in [0.3, 0.4) is 0 Å². The van der Waals surface area contributed by atoms with E-state index in [0.29, 0.717) is 0 Å². The Bertz CT molecular complexity index is 215. The maximum absolute atomic E-state index is 12.4. The highest BCUT2D eigenvalue weighted by Gasteiger charge is 2.24. The Morgan fingerprint density at radius 3 is 2.60 bits per heavy atom. The molecule has 0 aromatic rings. The molecule has 0 spiro atoms. The molecule has 1 aliphatic heterocycles. The third-order valence-corrected chi connectivity index (χ3v) is 2.89. The number of thioether (sulfide) groups is 1. The van der Waals surface area contributed by atoms with Crippen molar-refractivity contribution in [2.24, 2.45) is 0 Å². The second kappa shape index (κ2) is 5.65. The number of esters is 1. The number of nitrogens with zero attached hydrogens (tertiary/aromatic N) is 1. The van der Waals surface area contributed by atoms with Gasteiger partial charge in [0.25, 0.3) is 5.92 Å². The molecule has 0 atom stereocenters.